The molecular weight excluding hydrogens is 470 g/mol. The van der Waals surface area contributed by atoms with E-state index in [9.17, 15) is 0 Å². The van der Waals surface area contributed by atoms with Gasteiger partial charge in [0.2, 0.25) is 0 Å². The quantitative estimate of drug-likeness (QED) is 0.240. The van der Waals surface area contributed by atoms with Gasteiger partial charge in [0, 0.05) is 6.20 Å². The van der Waals surface area contributed by atoms with E-state index in [2.05, 4.69) is 134 Å². The fourth-order valence-corrected chi connectivity index (χ4v) is 6.07. The lowest BCUT2D eigenvalue weighted by Crippen LogP contribution is -1.96. The van der Waals surface area contributed by atoms with E-state index in [1.54, 1.807) is 6.20 Å². The average molecular weight is 500 g/mol. The summed E-state index contributed by atoms with van der Waals surface area (Å²) in [6.07, 6.45) is 13.5. The molecule has 0 amide bonds. The van der Waals surface area contributed by atoms with Crippen molar-refractivity contribution in [2.75, 3.05) is 0 Å². The lowest BCUT2D eigenvalue weighted by molar-refractivity contribution is 1.26. The highest BCUT2D eigenvalue weighted by Gasteiger charge is 2.17. The maximum Gasteiger partial charge on any atom is 0.00179 e. The fraction of sp³-hybridized carbons (Fsp3) is 0.0526. The van der Waals surface area contributed by atoms with Crippen molar-refractivity contribution in [1.29, 1.82) is 0 Å². The molecule has 0 unspecified atom stereocenters. The van der Waals surface area contributed by atoms with Gasteiger partial charge in [-0.1, -0.05) is 115 Å². The molecule has 7 rings (SSSR count). The van der Waals surface area contributed by atoms with Crippen LogP contribution in [0, 0.1) is 6.92 Å². The Bertz CT molecular complexity index is 1950. The van der Waals surface area contributed by atoms with E-state index in [1.165, 1.54) is 65.7 Å². The Morgan fingerprint density at radius 1 is 0.692 bits per heavy atom. The van der Waals surface area contributed by atoms with Crippen LogP contribution in [-0.2, 0) is 0 Å². The van der Waals surface area contributed by atoms with Crippen molar-refractivity contribution in [1.82, 2.24) is 0 Å². The summed E-state index contributed by atoms with van der Waals surface area (Å²) in [6.45, 7) is 2.17. The zero-order valence-electron chi connectivity index (χ0n) is 22.0. The van der Waals surface area contributed by atoms with Crippen molar-refractivity contribution >= 4 is 37.9 Å². The van der Waals surface area contributed by atoms with Gasteiger partial charge in [-0.3, -0.25) is 0 Å². The highest BCUT2D eigenvalue weighted by molar-refractivity contribution is 6.27. The number of allylic oxidation sites excluding steroid dienone is 7. The van der Waals surface area contributed by atoms with Crippen LogP contribution in [0.3, 0.4) is 0 Å². The lowest BCUT2D eigenvalue weighted by atomic mass is 9.84. The molecule has 186 valence electrons. The average Bonchev–Trinajstić information content (AvgIpc) is 2.99. The fourth-order valence-electron chi connectivity index (χ4n) is 6.07. The van der Waals surface area contributed by atoms with Crippen molar-refractivity contribution in [3.63, 3.8) is 0 Å². The maximum absolute atomic E-state index is 6.34. The molecule has 0 saturated carbocycles. The molecule has 0 spiro atoms. The van der Waals surface area contributed by atoms with Crippen molar-refractivity contribution in [3.05, 3.63) is 150 Å². The van der Waals surface area contributed by atoms with Gasteiger partial charge in [0.1, 0.15) is 0 Å². The van der Waals surface area contributed by atoms with Crippen molar-refractivity contribution in [3.8, 4) is 22.3 Å². The van der Waals surface area contributed by atoms with E-state index in [0.717, 1.165) is 17.6 Å². The molecule has 39 heavy (non-hydrogen) atoms. The minimum absolute atomic E-state index is 0.909. The molecule has 1 heteroatoms. The second kappa shape index (κ2) is 9.45. The third-order valence-electron chi connectivity index (χ3n) is 7.91. The third kappa shape index (κ3) is 4.04. The first kappa shape index (κ1) is 23.3. The van der Waals surface area contributed by atoms with Gasteiger partial charge in [-0.2, -0.15) is 0 Å². The number of rotatable bonds is 4. The summed E-state index contributed by atoms with van der Waals surface area (Å²) in [6, 6.07) is 35.6. The molecule has 0 fully saturated rings. The highest BCUT2D eigenvalue weighted by atomic mass is 14.5. The van der Waals surface area contributed by atoms with E-state index in [4.69, 9.17) is 5.73 Å². The maximum atomic E-state index is 6.34. The van der Waals surface area contributed by atoms with Gasteiger partial charge in [-0.15, -0.1) is 0 Å². The second-order valence-electron chi connectivity index (χ2n) is 10.4. The molecule has 0 aliphatic heterocycles. The molecule has 0 aromatic heterocycles. The molecule has 0 heterocycles. The summed E-state index contributed by atoms with van der Waals surface area (Å²) in [5, 5.41) is 7.70. The minimum Gasteiger partial charge on any atom is -0.404 e. The Morgan fingerprint density at radius 2 is 1.38 bits per heavy atom. The highest BCUT2D eigenvalue weighted by Crippen LogP contribution is 2.43. The molecular formula is C38H29N. The van der Waals surface area contributed by atoms with Crippen LogP contribution in [-0.4, -0.2) is 0 Å². The molecule has 0 atom stereocenters. The van der Waals surface area contributed by atoms with Crippen LogP contribution in [0.15, 0.2) is 139 Å². The van der Waals surface area contributed by atoms with Crippen LogP contribution in [0.1, 0.15) is 17.5 Å². The predicted octanol–water partition coefficient (Wildman–Crippen LogP) is 9.97. The first-order valence-electron chi connectivity index (χ1n) is 13.5. The summed E-state index contributed by atoms with van der Waals surface area (Å²) >= 11 is 0. The van der Waals surface area contributed by atoms with Crippen LogP contribution in [0.2, 0.25) is 0 Å². The Morgan fingerprint density at radius 3 is 2.08 bits per heavy atom. The molecule has 0 bridgehead atoms. The number of benzene rings is 6. The molecule has 6 aromatic rings. The smallest absolute Gasteiger partial charge is 0.00179 e. The molecule has 2 N–H and O–H groups in total. The number of hydrogen-bond acceptors (Lipinski definition) is 1. The summed E-state index contributed by atoms with van der Waals surface area (Å²) in [5.74, 6) is 0. The Kier molecular flexibility index (Phi) is 5.64. The summed E-state index contributed by atoms with van der Waals surface area (Å²) in [4.78, 5) is 0. The lowest BCUT2D eigenvalue weighted by Gasteiger charge is -2.19. The van der Waals surface area contributed by atoms with Gasteiger partial charge in [0.05, 0.1) is 0 Å². The zero-order chi connectivity index (χ0) is 26.3. The van der Waals surface area contributed by atoms with Crippen LogP contribution in [0.25, 0.3) is 60.1 Å². The van der Waals surface area contributed by atoms with E-state index < -0.39 is 0 Å². The monoisotopic (exact) mass is 499 g/mol. The Hall–Kier alpha value is -4.88. The molecule has 6 aromatic carbocycles. The van der Waals surface area contributed by atoms with Crippen LogP contribution in [0.5, 0.6) is 0 Å². The summed E-state index contributed by atoms with van der Waals surface area (Å²) in [7, 11) is 0. The first-order valence-corrected chi connectivity index (χ1v) is 13.5. The first-order chi connectivity index (χ1) is 19.2. The van der Waals surface area contributed by atoms with Gasteiger partial charge in [-0.25, -0.2) is 0 Å². The molecule has 1 nitrogen and oxygen atoms in total. The van der Waals surface area contributed by atoms with E-state index in [1.807, 2.05) is 0 Å². The number of hydrogen-bond donors (Lipinski definition) is 1. The molecule has 1 aliphatic carbocycles. The third-order valence-corrected chi connectivity index (χ3v) is 7.91. The molecule has 0 radical (unpaired) electrons. The van der Waals surface area contributed by atoms with Gasteiger partial charge >= 0.3 is 0 Å². The van der Waals surface area contributed by atoms with E-state index >= 15 is 0 Å². The normalized spacial score (nSPS) is 14.8. The van der Waals surface area contributed by atoms with Gasteiger partial charge in [0.15, 0.2) is 0 Å². The van der Waals surface area contributed by atoms with Crippen molar-refractivity contribution < 1.29 is 0 Å². The van der Waals surface area contributed by atoms with Crippen molar-refractivity contribution in [2.24, 2.45) is 5.73 Å². The van der Waals surface area contributed by atoms with Crippen LogP contribution < -0.4 is 5.73 Å². The van der Waals surface area contributed by atoms with Gasteiger partial charge in [-0.05, 0) is 102 Å². The topological polar surface area (TPSA) is 26.0 Å². The van der Waals surface area contributed by atoms with Gasteiger partial charge < -0.3 is 5.73 Å². The van der Waals surface area contributed by atoms with Crippen molar-refractivity contribution in [2.45, 2.75) is 13.3 Å². The standard InChI is InChI=1S/C38H29N/c1-25-20-30-16-18-33-35(29-14-12-28(13-15-29)27-10-6-3-7-11-27)23-36(32(24-39)22-26-8-4-2-5-9-26)34-19-17-31(21-25)37(30)38(33)34/h2-8,10-24H,9,39H2,1H3/b26-22-,32-24+. The van der Waals surface area contributed by atoms with Crippen LogP contribution in [0.4, 0.5) is 0 Å². The Labute approximate surface area is 229 Å². The largest absolute Gasteiger partial charge is 0.404 e. The van der Waals surface area contributed by atoms with Crippen LogP contribution >= 0.6 is 0 Å². The summed E-state index contributed by atoms with van der Waals surface area (Å²) in [5.41, 5.74) is 16.0. The minimum atomic E-state index is 0.909. The SMILES string of the molecule is Cc1cc2ccc3c(C(/C=C4/C=CC=CC4)=C/N)cc(-c4ccc(-c5ccccc5)cc4)c4ccc(c1)c2c34. The Balaban J connectivity index is 1.50. The van der Waals surface area contributed by atoms with Gasteiger partial charge in [0.25, 0.3) is 0 Å². The van der Waals surface area contributed by atoms with E-state index in [0.29, 0.717) is 0 Å². The second-order valence-corrected chi connectivity index (χ2v) is 10.4. The number of aryl methyl sites for hydroxylation is 1. The molecule has 1 aliphatic rings. The summed E-state index contributed by atoms with van der Waals surface area (Å²) < 4.78 is 0. The predicted molar refractivity (Wildman–Crippen MR) is 169 cm³/mol. The molecule has 0 saturated heterocycles. The zero-order valence-corrected chi connectivity index (χ0v) is 22.0. The van der Waals surface area contributed by atoms with E-state index in [-0.39, 0.29) is 0 Å². The number of nitrogens with two attached hydrogens (primary N) is 1.